The van der Waals surface area contributed by atoms with Gasteiger partial charge in [0.15, 0.2) is 5.82 Å². The maximum atomic E-state index is 12.6. The van der Waals surface area contributed by atoms with E-state index < -0.39 is 5.97 Å². The number of amides is 2. The third-order valence-corrected chi connectivity index (χ3v) is 11.0. The van der Waals surface area contributed by atoms with E-state index >= 15 is 0 Å². The van der Waals surface area contributed by atoms with E-state index in [2.05, 4.69) is 53.4 Å². The van der Waals surface area contributed by atoms with Crippen molar-refractivity contribution in [1.82, 2.24) is 20.6 Å². The molecular formula is C51H54N6O10S. The molecule has 0 fully saturated rings. The highest BCUT2D eigenvalue weighted by Crippen LogP contribution is 2.32. The second-order valence-corrected chi connectivity index (χ2v) is 16.0. The van der Waals surface area contributed by atoms with E-state index in [-0.39, 0.29) is 44.2 Å². The Labute approximate surface area is 399 Å². The van der Waals surface area contributed by atoms with Crippen molar-refractivity contribution < 1.29 is 48.3 Å². The van der Waals surface area contributed by atoms with Gasteiger partial charge in [0.25, 0.3) is 5.91 Å². The highest BCUT2D eigenvalue weighted by Gasteiger charge is 2.15. The number of aliphatic carboxylic acids is 1. The van der Waals surface area contributed by atoms with Crippen LogP contribution in [-0.4, -0.2) is 71.0 Å². The Morgan fingerprint density at radius 1 is 0.662 bits per heavy atom. The molecular weight excluding hydrogens is 889 g/mol. The van der Waals surface area contributed by atoms with Gasteiger partial charge in [-0.25, -0.2) is 15.2 Å². The number of carboxylic acid groups (broad SMARTS) is 1. The van der Waals surface area contributed by atoms with Gasteiger partial charge in [-0.05, 0) is 91.6 Å². The molecule has 0 saturated heterocycles. The van der Waals surface area contributed by atoms with Crippen LogP contribution in [0, 0.1) is 0 Å². The summed E-state index contributed by atoms with van der Waals surface area (Å²) in [7, 11) is 0. The first-order chi connectivity index (χ1) is 33.4. The number of benzene rings is 4. The van der Waals surface area contributed by atoms with E-state index in [1.54, 1.807) is 24.3 Å². The summed E-state index contributed by atoms with van der Waals surface area (Å²) >= 11 is 0.839. The van der Waals surface area contributed by atoms with Gasteiger partial charge in [-0.15, -0.1) is 9.45 Å². The van der Waals surface area contributed by atoms with Gasteiger partial charge in [-0.3, -0.25) is 14.4 Å². The maximum absolute atomic E-state index is 12.6. The standard InChI is InChI=1S/C51H54N6O10S/c58-48(52-28-14-29-53-51(61)40-24-26-47(54-35-40)57-55-36-39-19-8-9-22-46(39)68-67-66-62)23-13-32-64-45-21-12-20-44(42(45)25-27-50(59)60)63-30-10-3-11-31-65-49-34-41(37-15-4-1-5-16-37)33-43(56-49)38-17-6-2-7-18-38/h1-2,4-9,12,15-22,24,26,33-35,62H,3,10-11,13-14,23,25,27-32,36H2,(H,52,58)(H,53,61)(H,59,60). The Bertz CT molecular complexity index is 2480. The van der Waals surface area contributed by atoms with Gasteiger partial charge in [0, 0.05) is 54.2 Å². The summed E-state index contributed by atoms with van der Waals surface area (Å²) in [5.41, 5.74) is 5.81. The third kappa shape index (κ3) is 16.9. The molecule has 2 heterocycles. The number of carboxylic acids is 1. The van der Waals surface area contributed by atoms with E-state index in [1.807, 2.05) is 84.9 Å². The zero-order valence-electron chi connectivity index (χ0n) is 37.5. The predicted molar refractivity (Wildman–Crippen MR) is 257 cm³/mol. The van der Waals surface area contributed by atoms with Crippen LogP contribution in [0.4, 0.5) is 5.82 Å². The molecule has 0 aliphatic rings. The Kier molecular flexibility index (Phi) is 20.8. The van der Waals surface area contributed by atoms with E-state index in [4.69, 9.17) is 24.5 Å². The Morgan fingerprint density at radius 2 is 1.35 bits per heavy atom. The molecule has 4 aromatic carbocycles. The second-order valence-electron chi connectivity index (χ2n) is 15.2. The molecule has 0 aliphatic carbocycles. The number of aromatic nitrogens is 2. The van der Waals surface area contributed by atoms with Crippen molar-refractivity contribution in [3.8, 4) is 39.8 Å². The molecule has 2 amide bonds. The normalized spacial score (nSPS) is 11.0. The predicted octanol–water partition coefficient (Wildman–Crippen LogP) is 10.3. The van der Waals surface area contributed by atoms with E-state index in [1.165, 1.54) is 6.20 Å². The molecule has 0 aliphatic heterocycles. The molecule has 0 radical (unpaired) electrons. The smallest absolute Gasteiger partial charge is 0.303 e. The lowest BCUT2D eigenvalue weighted by molar-refractivity contribution is -0.432. The van der Waals surface area contributed by atoms with Gasteiger partial charge in [0.05, 0.1) is 49.7 Å². The minimum atomic E-state index is -0.925. The zero-order chi connectivity index (χ0) is 47.6. The van der Waals surface area contributed by atoms with Gasteiger partial charge in [0.2, 0.25) is 11.8 Å². The number of nitrogens with one attached hydrogen (secondary N) is 2. The molecule has 0 bridgehead atoms. The molecule has 17 heteroatoms. The summed E-state index contributed by atoms with van der Waals surface area (Å²) in [5.74, 6) is 0.623. The maximum Gasteiger partial charge on any atom is 0.303 e. The number of carbonyl (C=O) groups is 3. The van der Waals surface area contributed by atoms with Crippen LogP contribution in [0.25, 0.3) is 22.4 Å². The first kappa shape index (κ1) is 50.2. The molecule has 0 spiro atoms. The fourth-order valence-corrected chi connectivity index (χ4v) is 7.30. The van der Waals surface area contributed by atoms with Crippen molar-refractivity contribution in [3.05, 3.63) is 150 Å². The molecule has 0 atom stereocenters. The van der Waals surface area contributed by atoms with Crippen molar-refractivity contribution in [2.24, 2.45) is 10.2 Å². The highest BCUT2D eigenvalue weighted by atomic mass is 32.2. The number of nitrogens with zero attached hydrogens (tertiary/aromatic N) is 4. The van der Waals surface area contributed by atoms with Crippen LogP contribution in [0.5, 0.6) is 17.4 Å². The van der Waals surface area contributed by atoms with Gasteiger partial charge in [-0.2, -0.15) is 5.11 Å². The number of rotatable bonds is 29. The SMILES string of the molecule is O=C(O)CCc1c(OCCCCCOc2cc(-c3ccccc3)cc(-c3ccccc3)n2)cccc1OCCCC(=O)NCCCNC(=O)c1ccc(N=NCc2ccccc2SOOO)nc1. The molecule has 68 heavy (non-hydrogen) atoms. The van der Waals surface area contributed by atoms with Crippen molar-refractivity contribution in [2.75, 3.05) is 32.9 Å². The largest absolute Gasteiger partial charge is 0.493 e. The molecule has 354 valence electrons. The number of carbonyl (C=O) groups excluding carboxylic acids is 2. The Balaban J connectivity index is 0.861. The first-order valence-corrected chi connectivity index (χ1v) is 23.1. The van der Waals surface area contributed by atoms with Crippen molar-refractivity contribution >= 4 is 35.6 Å². The lowest BCUT2D eigenvalue weighted by atomic mass is 10.0. The minimum Gasteiger partial charge on any atom is -0.493 e. The van der Waals surface area contributed by atoms with Crippen molar-refractivity contribution in [1.29, 1.82) is 0 Å². The van der Waals surface area contributed by atoms with E-state index in [9.17, 15) is 19.5 Å². The fourth-order valence-electron chi connectivity index (χ4n) is 6.82. The van der Waals surface area contributed by atoms with Crippen LogP contribution in [0.3, 0.4) is 0 Å². The monoisotopic (exact) mass is 942 g/mol. The number of pyridine rings is 2. The summed E-state index contributed by atoms with van der Waals surface area (Å²) in [6.45, 7) is 2.13. The molecule has 2 aromatic heterocycles. The summed E-state index contributed by atoms with van der Waals surface area (Å²) in [6.07, 6.45) is 5.16. The molecule has 6 rings (SSSR count). The Hall–Kier alpha value is -7.18. The van der Waals surface area contributed by atoms with E-state index in [0.717, 1.165) is 59.3 Å². The van der Waals surface area contributed by atoms with Gasteiger partial charge < -0.3 is 30.0 Å². The lowest BCUT2D eigenvalue weighted by Gasteiger charge is -2.16. The lowest BCUT2D eigenvalue weighted by Crippen LogP contribution is -2.30. The molecule has 0 saturated carbocycles. The van der Waals surface area contributed by atoms with Gasteiger partial charge in [0.1, 0.15) is 11.5 Å². The topological polar surface area (TPSA) is 212 Å². The van der Waals surface area contributed by atoms with Crippen LogP contribution in [0.2, 0.25) is 0 Å². The molecule has 0 unspecified atom stereocenters. The van der Waals surface area contributed by atoms with Crippen LogP contribution < -0.4 is 24.8 Å². The third-order valence-electron chi connectivity index (χ3n) is 10.3. The van der Waals surface area contributed by atoms with Gasteiger partial charge >= 0.3 is 5.97 Å². The van der Waals surface area contributed by atoms with E-state index in [0.29, 0.717) is 78.4 Å². The molecule has 16 nitrogen and oxygen atoms in total. The fraction of sp³-hybridized carbons (Fsp3) is 0.275. The first-order valence-electron chi connectivity index (χ1n) is 22.3. The minimum absolute atomic E-state index is 0.0868. The number of hydrogen-bond donors (Lipinski definition) is 4. The van der Waals surface area contributed by atoms with Crippen LogP contribution in [0.1, 0.15) is 66.4 Å². The zero-order valence-corrected chi connectivity index (χ0v) is 38.3. The highest BCUT2D eigenvalue weighted by molar-refractivity contribution is 7.94. The number of azo groups is 1. The summed E-state index contributed by atoms with van der Waals surface area (Å²) in [5, 5.41) is 35.5. The molecule has 6 aromatic rings. The molecule has 4 N–H and O–H groups in total. The average molecular weight is 943 g/mol. The van der Waals surface area contributed by atoms with Crippen molar-refractivity contribution in [2.45, 2.75) is 62.8 Å². The second kappa shape index (κ2) is 28.1. The van der Waals surface area contributed by atoms with Crippen LogP contribution in [0.15, 0.2) is 149 Å². The summed E-state index contributed by atoms with van der Waals surface area (Å²) in [6, 6.07) is 40.1. The Morgan fingerprint density at radius 3 is 2.07 bits per heavy atom. The van der Waals surface area contributed by atoms with Gasteiger partial charge in [-0.1, -0.05) is 90.0 Å². The quantitative estimate of drug-likeness (QED) is 0.0113. The van der Waals surface area contributed by atoms with Crippen LogP contribution in [-0.2, 0) is 31.9 Å². The van der Waals surface area contributed by atoms with Crippen molar-refractivity contribution in [3.63, 3.8) is 0 Å². The summed E-state index contributed by atoms with van der Waals surface area (Å²) < 4.78 is 22.9. The number of unbranched alkanes of at least 4 members (excludes halogenated alkanes) is 2. The van der Waals surface area contributed by atoms with Crippen LogP contribution >= 0.6 is 12.0 Å². The average Bonchev–Trinajstić information content (AvgIpc) is 3.37. The number of hydrogen-bond acceptors (Lipinski definition) is 14. The number of ether oxygens (including phenoxy) is 3. The summed E-state index contributed by atoms with van der Waals surface area (Å²) in [4.78, 5) is 46.4.